The van der Waals surface area contributed by atoms with E-state index in [0.29, 0.717) is 6.61 Å². The highest BCUT2D eigenvalue weighted by Crippen LogP contribution is 2.08. The van der Waals surface area contributed by atoms with Crippen molar-refractivity contribution in [3.63, 3.8) is 0 Å². The van der Waals surface area contributed by atoms with E-state index in [9.17, 15) is 9.59 Å². The maximum absolute atomic E-state index is 9.64. The van der Waals surface area contributed by atoms with Gasteiger partial charge in [0.05, 0.1) is 19.4 Å². The molecule has 0 unspecified atom stereocenters. The fourth-order valence-corrected chi connectivity index (χ4v) is 1.55. The van der Waals surface area contributed by atoms with E-state index in [-0.39, 0.29) is 12.8 Å². The van der Waals surface area contributed by atoms with Gasteiger partial charge in [0.1, 0.15) is 0 Å². The van der Waals surface area contributed by atoms with Crippen LogP contribution in [0.1, 0.15) is 71.1 Å². The molecule has 0 aromatic rings. The predicted octanol–water partition coefficient (Wildman–Crippen LogP) is 3.48. The Kier molecular flexibility index (Phi) is 19.8. The fourth-order valence-electron chi connectivity index (χ4n) is 1.55. The first-order valence-electron chi connectivity index (χ1n) is 7.41. The van der Waals surface area contributed by atoms with Gasteiger partial charge in [-0.25, -0.2) is 10.1 Å². The number of carbonyl (C=O) groups is 2. The summed E-state index contributed by atoms with van der Waals surface area (Å²) in [6.07, 6.45) is 9.51. The van der Waals surface area contributed by atoms with Crippen molar-refractivity contribution in [1.82, 2.24) is 0 Å². The zero-order valence-corrected chi connectivity index (χ0v) is 12.8. The number of hydrogen-bond donors (Lipinski definition) is 3. The zero-order valence-electron chi connectivity index (χ0n) is 12.8. The Morgan fingerprint density at radius 3 is 1.62 bits per heavy atom. The summed E-state index contributed by atoms with van der Waals surface area (Å²) in [5.74, 6) is -2.15. The highest BCUT2D eigenvalue weighted by molar-refractivity contribution is 5.75. The third-order valence-corrected chi connectivity index (χ3v) is 2.69. The summed E-state index contributed by atoms with van der Waals surface area (Å²) in [5.41, 5.74) is 0. The third kappa shape index (κ3) is 27.9. The Labute approximate surface area is 125 Å². The largest absolute Gasteiger partial charge is 0.481 e. The molecule has 0 aliphatic heterocycles. The minimum Gasteiger partial charge on any atom is -0.481 e. The van der Waals surface area contributed by atoms with E-state index in [1.165, 1.54) is 38.5 Å². The summed E-state index contributed by atoms with van der Waals surface area (Å²) in [4.78, 5) is 23.6. The van der Waals surface area contributed by atoms with Crippen LogP contribution in [0, 0.1) is 0 Å². The molecule has 21 heavy (non-hydrogen) atoms. The molecule has 7 heteroatoms. The van der Waals surface area contributed by atoms with Crippen LogP contribution in [-0.4, -0.2) is 34.0 Å². The van der Waals surface area contributed by atoms with Gasteiger partial charge in [-0.1, -0.05) is 56.9 Å². The molecule has 126 valence electrons. The zero-order chi connectivity index (χ0) is 16.3. The lowest BCUT2D eigenvalue weighted by atomic mass is 10.1. The average Bonchev–Trinajstić information content (AvgIpc) is 2.44. The standard InChI is InChI=1S/C10H22O3.C4H6O4/c1-2-3-4-5-6-7-8-9-10-12-13-11;5-3(6)1-2-4(7)8/h11H,2-10H2,1H3;1-2H2,(H,5,6)(H,7,8). The Balaban J connectivity index is 0. The number of carboxylic acids is 2. The summed E-state index contributed by atoms with van der Waals surface area (Å²) in [5, 5.41) is 27.1. The minimum absolute atomic E-state index is 0.296. The second-order valence-electron chi connectivity index (χ2n) is 4.66. The van der Waals surface area contributed by atoms with Crippen molar-refractivity contribution in [2.75, 3.05) is 6.61 Å². The van der Waals surface area contributed by atoms with Gasteiger partial charge in [-0.05, 0) is 6.42 Å². The van der Waals surface area contributed by atoms with Gasteiger partial charge in [0, 0.05) is 0 Å². The van der Waals surface area contributed by atoms with Gasteiger partial charge in [-0.3, -0.25) is 9.59 Å². The molecule has 0 heterocycles. The van der Waals surface area contributed by atoms with Crippen LogP contribution in [0.2, 0.25) is 0 Å². The highest BCUT2D eigenvalue weighted by Gasteiger charge is 2.00. The lowest BCUT2D eigenvalue weighted by molar-refractivity contribution is -0.490. The van der Waals surface area contributed by atoms with E-state index >= 15 is 0 Å². The molecule has 0 saturated carbocycles. The molecule has 0 bridgehead atoms. The predicted molar refractivity (Wildman–Crippen MR) is 76.8 cm³/mol. The number of rotatable bonds is 13. The normalized spacial score (nSPS) is 9.81. The second-order valence-corrected chi connectivity index (χ2v) is 4.66. The molecule has 7 nitrogen and oxygen atoms in total. The summed E-state index contributed by atoms with van der Waals surface area (Å²) in [6.45, 7) is 2.72. The van der Waals surface area contributed by atoms with E-state index in [4.69, 9.17) is 15.5 Å². The van der Waals surface area contributed by atoms with Crippen LogP contribution in [-0.2, 0) is 19.5 Å². The van der Waals surface area contributed by atoms with Gasteiger partial charge in [0.15, 0.2) is 0 Å². The van der Waals surface area contributed by atoms with Crippen molar-refractivity contribution in [3.05, 3.63) is 0 Å². The van der Waals surface area contributed by atoms with Gasteiger partial charge < -0.3 is 10.2 Å². The molecule has 0 rings (SSSR count). The molecule has 0 aromatic heterocycles. The average molecular weight is 308 g/mol. The molecule has 0 saturated heterocycles. The van der Waals surface area contributed by atoms with Crippen molar-refractivity contribution in [1.29, 1.82) is 0 Å². The second kappa shape index (κ2) is 18.8. The molecular formula is C14H28O7. The maximum Gasteiger partial charge on any atom is 0.303 e. The Bertz CT molecular complexity index is 219. The van der Waals surface area contributed by atoms with Crippen LogP contribution in [0.25, 0.3) is 0 Å². The summed E-state index contributed by atoms with van der Waals surface area (Å²) < 4.78 is 0. The molecule has 0 aliphatic rings. The third-order valence-electron chi connectivity index (χ3n) is 2.69. The molecule has 0 amide bonds. The molecule has 0 aromatic carbocycles. The van der Waals surface area contributed by atoms with Gasteiger partial charge in [0.2, 0.25) is 0 Å². The first kappa shape index (κ1) is 22.1. The smallest absolute Gasteiger partial charge is 0.303 e. The summed E-state index contributed by atoms with van der Waals surface area (Å²) in [7, 11) is 0. The van der Waals surface area contributed by atoms with E-state index in [1.54, 1.807) is 0 Å². The molecule has 0 atom stereocenters. The summed E-state index contributed by atoms with van der Waals surface area (Å²) >= 11 is 0. The van der Waals surface area contributed by atoms with E-state index in [0.717, 1.165) is 12.8 Å². The van der Waals surface area contributed by atoms with Gasteiger partial charge in [-0.2, -0.15) is 0 Å². The number of hydrogen-bond acceptors (Lipinski definition) is 5. The van der Waals surface area contributed by atoms with Crippen LogP contribution in [0.5, 0.6) is 0 Å². The molecule has 0 spiro atoms. The number of unbranched alkanes of at least 4 members (excludes halogenated alkanes) is 7. The van der Waals surface area contributed by atoms with E-state index in [2.05, 4.69) is 16.8 Å². The lowest BCUT2D eigenvalue weighted by Crippen LogP contribution is -2.00. The monoisotopic (exact) mass is 308 g/mol. The SMILES string of the molecule is CCCCCCCCCCOOO.O=C(O)CCC(=O)O. The van der Waals surface area contributed by atoms with E-state index < -0.39 is 11.9 Å². The molecule has 0 radical (unpaired) electrons. The van der Waals surface area contributed by atoms with Crippen LogP contribution in [0.3, 0.4) is 0 Å². The summed E-state index contributed by atoms with van der Waals surface area (Å²) in [6, 6.07) is 0. The van der Waals surface area contributed by atoms with Crippen LogP contribution in [0.4, 0.5) is 0 Å². The Hall–Kier alpha value is -1.18. The van der Waals surface area contributed by atoms with Crippen LogP contribution in [0.15, 0.2) is 0 Å². The Morgan fingerprint density at radius 2 is 1.24 bits per heavy atom. The first-order valence-corrected chi connectivity index (χ1v) is 7.41. The van der Waals surface area contributed by atoms with Gasteiger partial charge in [0.25, 0.3) is 0 Å². The lowest BCUT2D eigenvalue weighted by Gasteiger charge is -2.00. The molecular weight excluding hydrogens is 280 g/mol. The van der Waals surface area contributed by atoms with Crippen LogP contribution < -0.4 is 0 Å². The van der Waals surface area contributed by atoms with Crippen molar-refractivity contribution in [2.24, 2.45) is 0 Å². The van der Waals surface area contributed by atoms with Crippen molar-refractivity contribution in [2.45, 2.75) is 71.1 Å². The topological polar surface area (TPSA) is 113 Å². The molecule has 3 N–H and O–H groups in total. The van der Waals surface area contributed by atoms with Crippen LogP contribution >= 0.6 is 0 Å². The fraction of sp³-hybridized carbons (Fsp3) is 0.857. The molecule has 0 aliphatic carbocycles. The van der Waals surface area contributed by atoms with E-state index in [1.807, 2.05) is 0 Å². The number of carboxylic acid groups (broad SMARTS) is 2. The quantitative estimate of drug-likeness (QED) is 0.271. The first-order chi connectivity index (χ1) is 10.0. The van der Waals surface area contributed by atoms with Gasteiger partial charge >= 0.3 is 11.9 Å². The highest BCUT2D eigenvalue weighted by atomic mass is 17.5. The van der Waals surface area contributed by atoms with Crippen molar-refractivity contribution < 1.29 is 35.0 Å². The van der Waals surface area contributed by atoms with Gasteiger partial charge in [-0.15, -0.1) is 0 Å². The Morgan fingerprint density at radius 1 is 0.810 bits per heavy atom. The maximum atomic E-state index is 9.64. The van der Waals surface area contributed by atoms with Crippen molar-refractivity contribution >= 4 is 11.9 Å². The van der Waals surface area contributed by atoms with Crippen molar-refractivity contribution in [3.8, 4) is 0 Å². The minimum atomic E-state index is -1.08. The molecule has 0 fully saturated rings. The number of aliphatic carboxylic acids is 2.